The molecular formula is C16H18O4. The molecule has 1 fully saturated rings. The van der Waals surface area contributed by atoms with Crippen LogP contribution in [0.15, 0.2) is 43.0 Å². The molecule has 2 rings (SSSR count). The molecule has 0 aromatic heterocycles. The average molecular weight is 274 g/mol. The monoisotopic (exact) mass is 274 g/mol. The summed E-state index contributed by atoms with van der Waals surface area (Å²) in [4.78, 5) is 24.1. The van der Waals surface area contributed by atoms with E-state index in [1.807, 2.05) is 30.3 Å². The number of rotatable bonds is 5. The second-order valence-electron chi connectivity index (χ2n) is 4.99. The second-order valence-corrected chi connectivity index (χ2v) is 4.99. The number of methoxy groups -OCH3 is 1. The molecule has 1 aromatic carbocycles. The second kappa shape index (κ2) is 5.90. The van der Waals surface area contributed by atoms with Crippen LogP contribution in [0.3, 0.4) is 0 Å². The van der Waals surface area contributed by atoms with Crippen LogP contribution >= 0.6 is 0 Å². The van der Waals surface area contributed by atoms with E-state index < -0.39 is 17.4 Å². The topological polar surface area (TPSA) is 52.6 Å². The van der Waals surface area contributed by atoms with Crippen LogP contribution in [0.1, 0.15) is 18.4 Å². The van der Waals surface area contributed by atoms with Crippen LogP contribution < -0.4 is 0 Å². The van der Waals surface area contributed by atoms with Gasteiger partial charge in [-0.1, -0.05) is 36.4 Å². The van der Waals surface area contributed by atoms with E-state index in [1.165, 1.54) is 7.11 Å². The summed E-state index contributed by atoms with van der Waals surface area (Å²) in [6.07, 6.45) is 2.43. The van der Waals surface area contributed by atoms with E-state index in [4.69, 9.17) is 9.47 Å². The van der Waals surface area contributed by atoms with E-state index in [0.717, 1.165) is 5.56 Å². The number of cyclic esters (lactones) is 1. The smallest absolute Gasteiger partial charge is 0.324 e. The first-order chi connectivity index (χ1) is 9.62. The minimum absolute atomic E-state index is 0.240. The standard InChI is InChI=1S/C16H18O4/c1-3-9-16(14(17)19-2)11-13(20-15(16)18)10-12-7-5-4-6-8-12/h3-8,13H,1,9-11H2,2H3. The summed E-state index contributed by atoms with van der Waals surface area (Å²) in [6, 6.07) is 9.74. The Morgan fingerprint density at radius 1 is 1.50 bits per heavy atom. The summed E-state index contributed by atoms with van der Waals surface area (Å²) in [5, 5.41) is 0. The lowest BCUT2D eigenvalue weighted by atomic mass is 9.80. The van der Waals surface area contributed by atoms with Crippen molar-refractivity contribution in [3.63, 3.8) is 0 Å². The van der Waals surface area contributed by atoms with Crippen molar-refractivity contribution >= 4 is 11.9 Å². The van der Waals surface area contributed by atoms with Crippen LogP contribution in [-0.4, -0.2) is 25.2 Å². The summed E-state index contributed by atoms with van der Waals surface area (Å²) < 4.78 is 10.1. The number of hydrogen-bond donors (Lipinski definition) is 0. The van der Waals surface area contributed by atoms with Crippen LogP contribution in [0.5, 0.6) is 0 Å². The molecule has 0 spiro atoms. The molecule has 4 nitrogen and oxygen atoms in total. The minimum Gasteiger partial charge on any atom is -0.468 e. The van der Waals surface area contributed by atoms with Crippen molar-refractivity contribution in [2.45, 2.75) is 25.4 Å². The molecular weight excluding hydrogens is 256 g/mol. The van der Waals surface area contributed by atoms with Gasteiger partial charge in [-0.3, -0.25) is 9.59 Å². The van der Waals surface area contributed by atoms with E-state index in [0.29, 0.717) is 12.8 Å². The Kier molecular flexibility index (Phi) is 4.23. The van der Waals surface area contributed by atoms with Gasteiger partial charge in [0.05, 0.1) is 7.11 Å². The van der Waals surface area contributed by atoms with E-state index in [2.05, 4.69) is 6.58 Å². The van der Waals surface area contributed by atoms with Gasteiger partial charge >= 0.3 is 11.9 Å². The molecule has 2 atom stereocenters. The highest BCUT2D eigenvalue weighted by Gasteiger charge is 2.54. The van der Waals surface area contributed by atoms with Crippen LogP contribution in [0.2, 0.25) is 0 Å². The van der Waals surface area contributed by atoms with Crippen molar-refractivity contribution < 1.29 is 19.1 Å². The van der Waals surface area contributed by atoms with Gasteiger partial charge in [-0.25, -0.2) is 0 Å². The van der Waals surface area contributed by atoms with Crippen molar-refractivity contribution in [2.24, 2.45) is 5.41 Å². The lowest BCUT2D eigenvalue weighted by Gasteiger charge is -2.19. The molecule has 1 aromatic rings. The van der Waals surface area contributed by atoms with E-state index >= 15 is 0 Å². The lowest BCUT2D eigenvalue weighted by Crippen LogP contribution is -2.36. The summed E-state index contributed by atoms with van der Waals surface area (Å²) in [5.74, 6) is -1.05. The number of carbonyl (C=O) groups is 2. The number of hydrogen-bond acceptors (Lipinski definition) is 4. The Bertz CT molecular complexity index is 508. The normalized spacial score (nSPS) is 25.1. The van der Waals surface area contributed by atoms with Crippen molar-refractivity contribution in [3.8, 4) is 0 Å². The lowest BCUT2D eigenvalue weighted by molar-refractivity contribution is -0.163. The third kappa shape index (κ3) is 2.59. The fraction of sp³-hybridized carbons (Fsp3) is 0.375. The van der Waals surface area contributed by atoms with Crippen LogP contribution in [0, 0.1) is 5.41 Å². The zero-order valence-corrected chi connectivity index (χ0v) is 11.5. The molecule has 0 amide bonds. The number of carbonyl (C=O) groups excluding carboxylic acids is 2. The Morgan fingerprint density at radius 2 is 2.20 bits per heavy atom. The molecule has 1 saturated heterocycles. The van der Waals surface area contributed by atoms with Crippen LogP contribution in [0.25, 0.3) is 0 Å². The van der Waals surface area contributed by atoms with Gasteiger partial charge < -0.3 is 9.47 Å². The molecule has 0 saturated carbocycles. The first kappa shape index (κ1) is 14.3. The third-order valence-electron chi connectivity index (χ3n) is 3.62. The number of benzene rings is 1. The van der Waals surface area contributed by atoms with Crippen molar-refractivity contribution in [1.29, 1.82) is 0 Å². The molecule has 0 bridgehead atoms. The fourth-order valence-electron chi connectivity index (χ4n) is 2.63. The zero-order valence-electron chi connectivity index (χ0n) is 11.5. The maximum Gasteiger partial charge on any atom is 0.324 e. The van der Waals surface area contributed by atoms with Gasteiger partial charge in [0.15, 0.2) is 5.41 Å². The minimum atomic E-state index is -1.23. The molecule has 1 aliphatic rings. The molecule has 106 valence electrons. The first-order valence-electron chi connectivity index (χ1n) is 6.56. The Labute approximate surface area is 118 Å². The summed E-state index contributed by atoms with van der Waals surface area (Å²) in [6.45, 7) is 3.61. The fourth-order valence-corrected chi connectivity index (χ4v) is 2.63. The average Bonchev–Trinajstić information content (AvgIpc) is 2.76. The maximum atomic E-state index is 12.1. The first-order valence-corrected chi connectivity index (χ1v) is 6.56. The SMILES string of the molecule is C=CCC1(C(=O)OC)CC(Cc2ccccc2)OC1=O. The van der Waals surface area contributed by atoms with Gasteiger partial charge in [0.25, 0.3) is 0 Å². The molecule has 1 aliphatic heterocycles. The van der Waals surface area contributed by atoms with E-state index in [9.17, 15) is 9.59 Å². The molecule has 0 aliphatic carbocycles. The molecule has 20 heavy (non-hydrogen) atoms. The molecule has 4 heteroatoms. The van der Waals surface area contributed by atoms with Crippen molar-refractivity contribution in [2.75, 3.05) is 7.11 Å². The molecule has 2 unspecified atom stereocenters. The Morgan fingerprint density at radius 3 is 2.80 bits per heavy atom. The van der Waals surface area contributed by atoms with E-state index in [-0.39, 0.29) is 12.5 Å². The zero-order chi connectivity index (χ0) is 14.6. The maximum absolute atomic E-state index is 12.1. The van der Waals surface area contributed by atoms with Crippen molar-refractivity contribution in [3.05, 3.63) is 48.6 Å². The number of ether oxygens (including phenoxy) is 2. The molecule has 0 N–H and O–H groups in total. The van der Waals surface area contributed by atoms with E-state index in [1.54, 1.807) is 6.08 Å². The number of esters is 2. The largest absolute Gasteiger partial charge is 0.468 e. The highest BCUT2D eigenvalue weighted by Crippen LogP contribution is 2.40. The summed E-state index contributed by atoms with van der Waals surface area (Å²) in [5.41, 5.74) is -0.153. The van der Waals surface area contributed by atoms with Gasteiger partial charge in [-0.15, -0.1) is 6.58 Å². The van der Waals surface area contributed by atoms with Gasteiger partial charge in [0, 0.05) is 12.8 Å². The van der Waals surface area contributed by atoms with Crippen molar-refractivity contribution in [1.82, 2.24) is 0 Å². The predicted octanol–water partition coefficient (Wildman–Crippen LogP) is 2.28. The van der Waals surface area contributed by atoms with Gasteiger partial charge in [-0.05, 0) is 12.0 Å². The van der Waals surface area contributed by atoms with Crippen LogP contribution in [-0.2, 0) is 25.5 Å². The Hall–Kier alpha value is -2.10. The Balaban J connectivity index is 2.16. The summed E-state index contributed by atoms with van der Waals surface area (Å²) in [7, 11) is 1.28. The highest BCUT2D eigenvalue weighted by molar-refractivity contribution is 6.01. The van der Waals surface area contributed by atoms with Crippen LogP contribution in [0.4, 0.5) is 0 Å². The van der Waals surface area contributed by atoms with Gasteiger partial charge in [-0.2, -0.15) is 0 Å². The quantitative estimate of drug-likeness (QED) is 0.469. The number of allylic oxidation sites excluding steroid dienone is 1. The molecule has 0 radical (unpaired) electrons. The van der Waals surface area contributed by atoms with Gasteiger partial charge in [0.2, 0.25) is 0 Å². The van der Waals surface area contributed by atoms with Gasteiger partial charge in [0.1, 0.15) is 6.10 Å². The predicted molar refractivity (Wildman–Crippen MR) is 73.9 cm³/mol. The third-order valence-corrected chi connectivity index (χ3v) is 3.62. The molecule has 1 heterocycles. The highest BCUT2D eigenvalue weighted by atomic mass is 16.6. The summed E-state index contributed by atoms with van der Waals surface area (Å²) >= 11 is 0.